The largest absolute Gasteiger partial charge is 0.467 e. The first-order valence-corrected chi connectivity index (χ1v) is 6.01. The van der Waals surface area contributed by atoms with Crippen molar-refractivity contribution in [2.45, 2.75) is 18.9 Å². The molecule has 1 aliphatic rings. The molecule has 1 atom stereocenters. The number of amides is 1. The van der Waals surface area contributed by atoms with Gasteiger partial charge in [0.2, 0.25) is 0 Å². The summed E-state index contributed by atoms with van der Waals surface area (Å²) in [5, 5.41) is 0.470. The summed E-state index contributed by atoms with van der Waals surface area (Å²) < 4.78 is 4.70. The van der Waals surface area contributed by atoms with Gasteiger partial charge in [-0.3, -0.25) is 4.79 Å². The summed E-state index contributed by atoms with van der Waals surface area (Å²) in [6, 6.07) is 2.66. The summed E-state index contributed by atoms with van der Waals surface area (Å²) in [5.41, 5.74) is 0.287. The first-order chi connectivity index (χ1) is 8.63. The zero-order valence-corrected chi connectivity index (χ0v) is 10.7. The Bertz CT molecular complexity index is 461. The summed E-state index contributed by atoms with van der Waals surface area (Å²) in [6.07, 6.45) is 2.84. The van der Waals surface area contributed by atoms with Crippen LogP contribution in [0.4, 0.5) is 0 Å². The third kappa shape index (κ3) is 2.46. The Balaban J connectivity index is 2.17. The minimum absolute atomic E-state index is 0.264. The van der Waals surface area contributed by atoms with Crippen molar-refractivity contribution < 1.29 is 14.3 Å². The SMILES string of the molecule is COC(=O)C1CCCN1C(=O)c1ccc(Cl)cn1. The molecule has 1 aliphatic heterocycles. The predicted molar refractivity (Wildman–Crippen MR) is 65.3 cm³/mol. The van der Waals surface area contributed by atoms with Gasteiger partial charge in [-0.2, -0.15) is 0 Å². The first kappa shape index (κ1) is 12.8. The Labute approximate surface area is 110 Å². The summed E-state index contributed by atoms with van der Waals surface area (Å²) in [4.78, 5) is 29.2. The van der Waals surface area contributed by atoms with Gasteiger partial charge >= 0.3 is 5.97 Å². The van der Waals surface area contributed by atoms with E-state index in [9.17, 15) is 9.59 Å². The fourth-order valence-electron chi connectivity index (χ4n) is 2.04. The number of likely N-dealkylation sites (tertiary alicyclic amines) is 1. The van der Waals surface area contributed by atoms with E-state index in [4.69, 9.17) is 16.3 Å². The molecule has 0 aromatic carbocycles. The van der Waals surface area contributed by atoms with Crippen molar-refractivity contribution in [3.8, 4) is 0 Å². The molecule has 96 valence electrons. The maximum Gasteiger partial charge on any atom is 0.328 e. The molecule has 1 fully saturated rings. The van der Waals surface area contributed by atoms with Crippen LogP contribution in [0, 0.1) is 0 Å². The number of pyridine rings is 1. The molecule has 0 bridgehead atoms. The number of carbonyl (C=O) groups is 2. The van der Waals surface area contributed by atoms with Crippen LogP contribution >= 0.6 is 11.6 Å². The van der Waals surface area contributed by atoms with Crippen LogP contribution in [0.3, 0.4) is 0 Å². The average Bonchev–Trinajstić information content (AvgIpc) is 2.87. The predicted octanol–water partition coefficient (Wildman–Crippen LogP) is 1.51. The number of hydrogen-bond donors (Lipinski definition) is 0. The van der Waals surface area contributed by atoms with Gasteiger partial charge in [-0.25, -0.2) is 9.78 Å². The van der Waals surface area contributed by atoms with Crippen molar-refractivity contribution in [1.29, 1.82) is 0 Å². The fourth-order valence-corrected chi connectivity index (χ4v) is 2.15. The third-order valence-electron chi connectivity index (χ3n) is 2.93. The molecule has 1 unspecified atom stereocenters. The van der Waals surface area contributed by atoms with Crippen molar-refractivity contribution in [3.63, 3.8) is 0 Å². The monoisotopic (exact) mass is 268 g/mol. The smallest absolute Gasteiger partial charge is 0.328 e. The highest BCUT2D eigenvalue weighted by Crippen LogP contribution is 2.20. The number of aromatic nitrogens is 1. The van der Waals surface area contributed by atoms with Gasteiger partial charge in [0, 0.05) is 12.7 Å². The summed E-state index contributed by atoms with van der Waals surface area (Å²) in [7, 11) is 1.32. The molecule has 0 aliphatic carbocycles. The second-order valence-corrected chi connectivity index (χ2v) is 4.48. The van der Waals surface area contributed by atoms with Crippen molar-refractivity contribution in [2.24, 2.45) is 0 Å². The number of rotatable bonds is 2. The molecule has 5 nitrogen and oxygen atoms in total. The van der Waals surface area contributed by atoms with E-state index in [-0.39, 0.29) is 17.6 Å². The molecular formula is C12H13ClN2O3. The maximum absolute atomic E-state index is 12.2. The van der Waals surface area contributed by atoms with Crippen LogP contribution in [0.2, 0.25) is 5.02 Å². The van der Waals surface area contributed by atoms with E-state index < -0.39 is 6.04 Å². The van der Waals surface area contributed by atoms with E-state index in [1.165, 1.54) is 18.2 Å². The van der Waals surface area contributed by atoms with Crippen LogP contribution in [0.25, 0.3) is 0 Å². The molecule has 0 radical (unpaired) electrons. The van der Waals surface area contributed by atoms with Gasteiger partial charge in [-0.05, 0) is 25.0 Å². The van der Waals surface area contributed by atoms with E-state index in [0.29, 0.717) is 18.0 Å². The Morgan fingerprint density at radius 3 is 2.89 bits per heavy atom. The van der Waals surface area contributed by atoms with Crippen molar-refractivity contribution in [3.05, 3.63) is 29.0 Å². The number of halogens is 1. The number of hydrogen-bond acceptors (Lipinski definition) is 4. The topological polar surface area (TPSA) is 59.5 Å². The Kier molecular flexibility index (Phi) is 3.81. The lowest BCUT2D eigenvalue weighted by molar-refractivity contribution is -0.145. The zero-order chi connectivity index (χ0) is 13.1. The van der Waals surface area contributed by atoms with Gasteiger partial charge in [-0.15, -0.1) is 0 Å². The Morgan fingerprint density at radius 2 is 2.28 bits per heavy atom. The van der Waals surface area contributed by atoms with E-state index in [1.807, 2.05) is 0 Å². The van der Waals surface area contributed by atoms with E-state index in [1.54, 1.807) is 12.1 Å². The zero-order valence-electron chi connectivity index (χ0n) is 9.93. The van der Waals surface area contributed by atoms with E-state index in [0.717, 1.165) is 6.42 Å². The van der Waals surface area contributed by atoms with Gasteiger partial charge in [0.1, 0.15) is 11.7 Å². The Morgan fingerprint density at radius 1 is 1.50 bits per heavy atom. The molecule has 0 saturated carbocycles. The molecule has 6 heteroatoms. The van der Waals surface area contributed by atoms with Crippen LogP contribution in [-0.4, -0.2) is 41.5 Å². The normalized spacial score (nSPS) is 18.8. The van der Waals surface area contributed by atoms with Crippen molar-refractivity contribution in [2.75, 3.05) is 13.7 Å². The highest BCUT2D eigenvalue weighted by atomic mass is 35.5. The van der Waals surface area contributed by atoms with Crippen LogP contribution in [-0.2, 0) is 9.53 Å². The quantitative estimate of drug-likeness (QED) is 0.763. The van der Waals surface area contributed by atoms with E-state index >= 15 is 0 Å². The number of nitrogens with zero attached hydrogens (tertiary/aromatic N) is 2. The van der Waals surface area contributed by atoms with Gasteiger partial charge in [0.05, 0.1) is 12.1 Å². The van der Waals surface area contributed by atoms with Crippen LogP contribution in [0.15, 0.2) is 18.3 Å². The average molecular weight is 269 g/mol. The highest BCUT2D eigenvalue weighted by Gasteiger charge is 2.35. The lowest BCUT2D eigenvalue weighted by Crippen LogP contribution is -2.41. The van der Waals surface area contributed by atoms with Crippen molar-refractivity contribution in [1.82, 2.24) is 9.88 Å². The minimum atomic E-state index is -0.500. The minimum Gasteiger partial charge on any atom is -0.467 e. The number of carbonyl (C=O) groups excluding carboxylic acids is 2. The molecular weight excluding hydrogens is 256 g/mol. The standard InChI is InChI=1S/C12H13ClN2O3/c1-18-12(17)10-3-2-6-15(10)11(16)9-5-4-8(13)7-14-9/h4-5,7,10H,2-3,6H2,1H3. The summed E-state index contributed by atoms with van der Waals surface area (Å²) in [5.74, 6) is -0.644. The fraction of sp³-hybridized carbons (Fsp3) is 0.417. The van der Waals surface area contributed by atoms with Crippen LogP contribution < -0.4 is 0 Å². The maximum atomic E-state index is 12.2. The molecule has 1 aromatic heterocycles. The summed E-state index contributed by atoms with van der Waals surface area (Å²) >= 11 is 5.72. The van der Waals surface area contributed by atoms with Crippen LogP contribution in [0.5, 0.6) is 0 Å². The molecule has 18 heavy (non-hydrogen) atoms. The van der Waals surface area contributed by atoms with Crippen LogP contribution in [0.1, 0.15) is 23.3 Å². The van der Waals surface area contributed by atoms with Gasteiger partial charge in [0.15, 0.2) is 0 Å². The molecule has 1 aromatic rings. The first-order valence-electron chi connectivity index (χ1n) is 5.64. The lowest BCUT2D eigenvalue weighted by atomic mass is 10.2. The van der Waals surface area contributed by atoms with Gasteiger partial charge in [0.25, 0.3) is 5.91 Å². The molecule has 1 amide bonds. The lowest BCUT2D eigenvalue weighted by Gasteiger charge is -2.22. The second kappa shape index (κ2) is 5.35. The molecule has 2 heterocycles. The third-order valence-corrected chi connectivity index (χ3v) is 3.16. The van der Waals surface area contributed by atoms with Gasteiger partial charge < -0.3 is 9.64 Å². The highest BCUT2D eigenvalue weighted by molar-refractivity contribution is 6.30. The van der Waals surface area contributed by atoms with E-state index in [2.05, 4.69) is 4.98 Å². The van der Waals surface area contributed by atoms with Gasteiger partial charge in [-0.1, -0.05) is 11.6 Å². The molecule has 0 spiro atoms. The van der Waals surface area contributed by atoms with Crippen molar-refractivity contribution >= 4 is 23.5 Å². The second-order valence-electron chi connectivity index (χ2n) is 4.04. The molecule has 1 saturated heterocycles. The number of esters is 1. The Hall–Kier alpha value is -1.62. The molecule has 0 N–H and O–H groups in total. The number of methoxy groups -OCH3 is 1. The molecule has 2 rings (SSSR count). The number of ether oxygens (including phenoxy) is 1. The summed E-state index contributed by atoms with van der Waals surface area (Å²) in [6.45, 7) is 0.545.